The number of aromatic amines is 1. The van der Waals surface area contributed by atoms with Gasteiger partial charge in [-0.3, -0.25) is 9.89 Å². The molecule has 31 heavy (non-hydrogen) atoms. The number of H-pyrrole nitrogens is 1. The molecule has 4 rings (SSSR count). The van der Waals surface area contributed by atoms with Crippen molar-refractivity contribution in [3.63, 3.8) is 0 Å². The number of benzene rings is 1. The Morgan fingerprint density at radius 3 is 2.77 bits per heavy atom. The average Bonchev–Trinajstić information content (AvgIpc) is 3.21. The normalized spacial score (nSPS) is 18.8. The van der Waals surface area contributed by atoms with Crippen molar-refractivity contribution in [3.8, 4) is 0 Å². The van der Waals surface area contributed by atoms with E-state index >= 15 is 0 Å². The number of hydrogen-bond donors (Lipinski definition) is 3. The molecular weight excluding hydrogens is 390 g/mol. The fourth-order valence-corrected chi connectivity index (χ4v) is 5.10. The van der Waals surface area contributed by atoms with E-state index in [1.54, 1.807) is 4.90 Å². The molecule has 6 heteroatoms. The number of aliphatic hydroxyl groups excluding tert-OH is 2. The maximum absolute atomic E-state index is 13.2. The van der Waals surface area contributed by atoms with Crippen molar-refractivity contribution in [1.82, 2.24) is 10.2 Å². The first-order valence-electron chi connectivity index (χ1n) is 11.3. The summed E-state index contributed by atoms with van der Waals surface area (Å²) in [6, 6.07) is 4.27. The molecule has 6 nitrogen and oxygen atoms in total. The van der Waals surface area contributed by atoms with Gasteiger partial charge >= 0.3 is 0 Å². The highest BCUT2D eigenvalue weighted by Gasteiger charge is 2.44. The van der Waals surface area contributed by atoms with Crippen LogP contribution in [0.2, 0.25) is 0 Å². The zero-order chi connectivity index (χ0) is 22.3. The Balaban J connectivity index is 1.89. The van der Waals surface area contributed by atoms with Gasteiger partial charge in [0.1, 0.15) is 0 Å². The first-order valence-corrected chi connectivity index (χ1v) is 11.3. The van der Waals surface area contributed by atoms with Crippen LogP contribution in [0.1, 0.15) is 74.4 Å². The van der Waals surface area contributed by atoms with E-state index < -0.39 is 11.5 Å². The highest BCUT2D eigenvalue weighted by atomic mass is 16.3. The number of aryl methyl sites for hydroxylation is 2. The largest absolute Gasteiger partial charge is 0.394 e. The van der Waals surface area contributed by atoms with Gasteiger partial charge < -0.3 is 15.1 Å². The second-order valence-electron chi connectivity index (χ2n) is 9.39. The molecular formula is C25H33N3O3. The zero-order valence-electron chi connectivity index (χ0n) is 19.0. The van der Waals surface area contributed by atoms with Crippen molar-refractivity contribution in [1.29, 1.82) is 0 Å². The molecule has 0 spiro atoms. The van der Waals surface area contributed by atoms with Crippen LogP contribution in [-0.4, -0.2) is 45.6 Å². The molecule has 1 amide bonds. The monoisotopic (exact) mass is 423 g/mol. The Hall–Kier alpha value is -2.44. The fourth-order valence-electron chi connectivity index (χ4n) is 5.10. The topological polar surface area (TPSA) is 89.5 Å². The van der Waals surface area contributed by atoms with Gasteiger partial charge in [-0.2, -0.15) is 5.10 Å². The number of β-amino-alcohol motifs (C(OH)–C–C–N with tert-alkyl or cyclic N) is 1. The Kier molecular flexibility index (Phi) is 5.79. The van der Waals surface area contributed by atoms with Gasteiger partial charge in [0.25, 0.3) is 0 Å². The minimum absolute atomic E-state index is 0.0361. The lowest BCUT2D eigenvalue weighted by Crippen LogP contribution is -2.41. The summed E-state index contributed by atoms with van der Waals surface area (Å²) in [7, 11) is 0. The van der Waals surface area contributed by atoms with Crippen molar-refractivity contribution in [2.75, 3.05) is 18.1 Å². The first kappa shape index (κ1) is 21.8. The van der Waals surface area contributed by atoms with E-state index in [-0.39, 0.29) is 19.1 Å². The predicted octanol–water partition coefficient (Wildman–Crippen LogP) is 3.74. The number of anilines is 1. The highest BCUT2D eigenvalue weighted by molar-refractivity contribution is 6.08. The number of hydrogen-bond acceptors (Lipinski definition) is 4. The number of nitrogens with one attached hydrogen (secondary N) is 1. The molecule has 0 saturated heterocycles. The molecule has 3 N–H and O–H groups in total. The minimum atomic E-state index is -0.962. The second kappa shape index (κ2) is 8.24. The highest BCUT2D eigenvalue weighted by Crippen LogP contribution is 2.46. The van der Waals surface area contributed by atoms with Gasteiger partial charge in [0.15, 0.2) is 0 Å². The van der Waals surface area contributed by atoms with E-state index in [1.165, 1.54) is 22.3 Å². The molecule has 1 atom stereocenters. The Morgan fingerprint density at radius 2 is 2.06 bits per heavy atom. The Labute approximate surface area is 184 Å². The van der Waals surface area contributed by atoms with Crippen LogP contribution in [0.25, 0.3) is 11.1 Å². The second-order valence-corrected chi connectivity index (χ2v) is 9.39. The van der Waals surface area contributed by atoms with Crippen molar-refractivity contribution in [3.05, 3.63) is 46.3 Å². The van der Waals surface area contributed by atoms with E-state index in [0.717, 1.165) is 54.6 Å². The van der Waals surface area contributed by atoms with E-state index in [9.17, 15) is 15.0 Å². The molecule has 1 aromatic heterocycles. The van der Waals surface area contributed by atoms with E-state index in [2.05, 4.69) is 36.2 Å². The van der Waals surface area contributed by atoms with Gasteiger partial charge in [-0.15, -0.1) is 0 Å². The maximum Gasteiger partial charge on any atom is 0.237 e. The molecule has 2 heterocycles. The summed E-state index contributed by atoms with van der Waals surface area (Å²) < 4.78 is 0. The van der Waals surface area contributed by atoms with Crippen molar-refractivity contribution in [2.45, 2.75) is 71.3 Å². The van der Waals surface area contributed by atoms with E-state index in [4.69, 9.17) is 0 Å². The molecule has 1 aromatic carbocycles. The van der Waals surface area contributed by atoms with Crippen LogP contribution in [0.5, 0.6) is 0 Å². The lowest BCUT2D eigenvalue weighted by atomic mass is 9.82. The third-order valence-corrected chi connectivity index (χ3v) is 6.77. The first-order chi connectivity index (χ1) is 14.8. The zero-order valence-corrected chi connectivity index (χ0v) is 19.0. The van der Waals surface area contributed by atoms with Crippen LogP contribution in [-0.2, 0) is 16.6 Å². The summed E-state index contributed by atoms with van der Waals surface area (Å²) >= 11 is 0. The average molecular weight is 424 g/mol. The molecule has 1 unspecified atom stereocenters. The quantitative estimate of drug-likeness (QED) is 0.660. The van der Waals surface area contributed by atoms with Gasteiger partial charge in [-0.1, -0.05) is 19.4 Å². The van der Waals surface area contributed by atoms with Crippen LogP contribution in [0.15, 0.2) is 18.3 Å². The number of rotatable bonds is 6. The smallest absolute Gasteiger partial charge is 0.237 e. The Morgan fingerprint density at radius 1 is 1.29 bits per heavy atom. The van der Waals surface area contributed by atoms with Gasteiger partial charge in [0.2, 0.25) is 5.91 Å². The summed E-state index contributed by atoms with van der Waals surface area (Å²) in [5, 5.41) is 27.0. The SMILES string of the molecule is CCCC1=C(c2cc3c(cc2C)C(C)(C)C(=O)N3CC(O)CO)CCCc2cn[nH]c21. The summed E-state index contributed by atoms with van der Waals surface area (Å²) in [5.41, 5.74) is 8.58. The Bertz CT molecular complexity index is 1030. The number of aliphatic hydroxyl groups is 2. The number of carbonyl (C=O) groups is 1. The van der Waals surface area contributed by atoms with Gasteiger partial charge in [-0.25, -0.2) is 0 Å². The van der Waals surface area contributed by atoms with Gasteiger partial charge in [-0.05, 0) is 85.9 Å². The van der Waals surface area contributed by atoms with E-state index in [0.29, 0.717) is 0 Å². The molecule has 0 radical (unpaired) electrons. The summed E-state index contributed by atoms with van der Waals surface area (Å²) in [6.45, 7) is 7.91. The number of amides is 1. The van der Waals surface area contributed by atoms with Crippen LogP contribution in [0, 0.1) is 6.92 Å². The third kappa shape index (κ3) is 3.62. The number of carbonyl (C=O) groups excluding carboxylic acids is 1. The van der Waals surface area contributed by atoms with Crippen molar-refractivity contribution >= 4 is 22.7 Å². The lowest BCUT2D eigenvalue weighted by Gasteiger charge is -2.23. The summed E-state index contributed by atoms with van der Waals surface area (Å²) in [4.78, 5) is 14.8. The molecule has 2 aliphatic rings. The predicted molar refractivity (Wildman–Crippen MR) is 123 cm³/mol. The molecule has 1 aliphatic carbocycles. The number of nitrogens with zero attached hydrogens (tertiary/aromatic N) is 2. The van der Waals surface area contributed by atoms with Gasteiger partial charge in [0.05, 0.1) is 36.6 Å². The lowest BCUT2D eigenvalue weighted by molar-refractivity contribution is -0.122. The van der Waals surface area contributed by atoms with Crippen LogP contribution in [0.4, 0.5) is 5.69 Å². The van der Waals surface area contributed by atoms with Crippen LogP contribution >= 0.6 is 0 Å². The fraction of sp³-hybridized carbons (Fsp3) is 0.520. The minimum Gasteiger partial charge on any atom is -0.394 e. The standard InChI is InChI=1S/C25H33N3O3/c1-5-7-19-18(9-6-8-16-12-26-27-23(16)19)20-11-22-21(10-15(20)2)25(3,4)24(31)28(22)13-17(30)14-29/h10-12,17,29-30H,5-9,13-14H2,1-4H3,(H,26,27). The molecule has 0 fully saturated rings. The van der Waals surface area contributed by atoms with Crippen molar-refractivity contribution < 1.29 is 15.0 Å². The molecule has 166 valence electrons. The molecule has 1 aliphatic heterocycles. The maximum atomic E-state index is 13.2. The number of fused-ring (bicyclic) bond motifs is 2. The van der Waals surface area contributed by atoms with E-state index in [1.807, 2.05) is 20.0 Å². The summed E-state index contributed by atoms with van der Waals surface area (Å²) in [6.07, 6.45) is 6.04. The van der Waals surface area contributed by atoms with Gasteiger partial charge in [0, 0.05) is 5.69 Å². The van der Waals surface area contributed by atoms with Crippen LogP contribution in [0.3, 0.4) is 0 Å². The third-order valence-electron chi connectivity index (χ3n) is 6.77. The van der Waals surface area contributed by atoms with Crippen LogP contribution < -0.4 is 4.90 Å². The van der Waals surface area contributed by atoms with Crippen molar-refractivity contribution in [2.24, 2.45) is 0 Å². The number of allylic oxidation sites excluding steroid dienone is 2. The number of aromatic nitrogens is 2. The molecule has 2 aromatic rings. The molecule has 0 bridgehead atoms. The molecule has 0 saturated carbocycles. The summed E-state index contributed by atoms with van der Waals surface area (Å²) in [5.74, 6) is -0.0361.